The fourth-order valence-corrected chi connectivity index (χ4v) is 3.14. The Bertz CT molecular complexity index is 1170. The highest BCUT2D eigenvalue weighted by Gasteiger charge is 2.24. The molecule has 0 radical (unpaired) electrons. The third-order valence-corrected chi connectivity index (χ3v) is 4.62. The molecule has 4 rings (SSSR count). The standard InChI is InChI=1S/C21H16ClN3O4/c1-12-18(19(25-29-12)13-4-2-5-15(22)8-13)20(26)14-9-17(23-10-14)21(27)24-11-16-6-3-7-28-16/h2-10,23H,11H2,1H3,(H,24,27). The Morgan fingerprint density at radius 3 is 2.83 bits per heavy atom. The molecule has 0 aliphatic rings. The summed E-state index contributed by atoms with van der Waals surface area (Å²) < 4.78 is 10.4. The molecule has 0 aliphatic heterocycles. The second-order valence-corrected chi connectivity index (χ2v) is 6.80. The molecule has 1 amide bonds. The van der Waals surface area contributed by atoms with E-state index in [1.807, 2.05) is 0 Å². The number of amides is 1. The first kappa shape index (κ1) is 18.8. The molecule has 0 unspecified atom stereocenters. The Hall–Kier alpha value is -3.58. The van der Waals surface area contributed by atoms with Gasteiger partial charge < -0.3 is 19.2 Å². The summed E-state index contributed by atoms with van der Waals surface area (Å²) in [4.78, 5) is 28.2. The second-order valence-electron chi connectivity index (χ2n) is 6.37. The van der Waals surface area contributed by atoms with Crippen LogP contribution in [0.15, 0.2) is 63.9 Å². The molecule has 2 N–H and O–H groups in total. The molecular weight excluding hydrogens is 394 g/mol. The number of hydrogen-bond donors (Lipinski definition) is 2. The third kappa shape index (κ3) is 3.86. The monoisotopic (exact) mass is 409 g/mol. The molecule has 0 spiro atoms. The Morgan fingerprint density at radius 2 is 2.07 bits per heavy atom. The highest BCUT2D eigenvalue weighted by atomic mass is 35.5. The number of aryl methyl sites for hydroxylation is 1. The highest BCUT2D eigenvalue weighted by Crippen LogP contribution is 2.29. The summed E-state index contributed by atoms with van der Waals surface area (Å²) in [5, 5.41) is 7.27. The average molecular weight is 410 g/mol. The van der Waals surface area contributed by atoms with E-state index >= 15 is 0 Å². The first-order chi connectivity index (χ1) is 14.0. The van der Waals surface area contributed by atoms with Crippen molar-refractivity contribution in [3.8, 4) is 11.3 Å². The highest BCUT2D eigenvalue weighted by molar-refractivity contribution is 6.30. The molecule has 0 fully saturated rings. The number of carbonyl (C=O) groups is 2. The average Bonchev–Trinajstić information content (AvgIpc) is 3.46. The van der Waals surface area contributed by atoms with Gasteiger partial charge in [0.05, 0.1) is 18.4 Å². The minimum Gasteiger partial charge on any atom is -0.467 e. The molecule has 0 saturated carbocycles. The number of halogens is 1. The summed E-state index contributed by atoms with van der Waals surface area (Å²) >= 11 is 6.06. The number of furan rings is 1. The van der Waals surface area contributed by atoms with Crippen molar-refractivity contribution in [3.05, 3.63) is 88.3 Å². The van der Waals surface area contributed by atoms with Crippen LogP contribution in [0.1, 0.15) is 37.9 Å². The molecule has 8 heteroatoms. The van der Waals surface area contributed by atoms with Gasteiger partial charge in [-0.1, -0.05) is 28.9 Å². The van der Waals surface area contributed by atoms with E-state index in [2.05, 4.69) is 15.5 Å². The molecule has 0 atom stereocenters. The van der Waals surface area contributed by atoms with E-state index in [1.165, 1.54) is 18.5 Å². The smallest absolute Gasteiger partial charge is 0.268 e. The van der Waals surface area contributed by atoms with Gasteiger partial charge in [-0.25, -0.2) is 0 Å². The predicted octanol–water partition coefficient (Wildman–Crippen LogP) is 4.39. The first-order valence-corrected chi connectivity index (χ1v) is 9.16. The number of hydrogen-bond acceptors (Lipinski definition) is 5. The van der Waals surface area contributed by atoms with E-state index in [4.69, 9.17) is 20.5 Å². The first-order valence-electron chi connectivity index (χ1n) is 8.79. The molecule has 146 valence electrons. The van der Waals surface area contributed by atoms with Crippen LogP contribution >= 0.6 is 11.6 Å². The van der Waals surface area contributed by atoms with E-state index < -0.39 is 0 Å². The van der Waals surface area contributed by atoms with E-state index in [9.17, 15) is 9.59 Å². The van der Waals surface area contributed by atoms with Crippen molar-refractivity contribution >= 4 is 23.3 Å². The largest absolute Gasteiger partial charge is 0.467 e. The summed E-state index contributed by atoms with van der Waals surface area (Å²) in [6.45, 7) is 1.91. The van der Waals surface area contributed by atoms with Crippen LogP contribution in [0, 0.1) is 6.92 Å². The zero-order chi connectivity index (χ0) is 20.4. The number of carbonyl (C=O) groups excluding carboxylic acids is 2. The number of nitrogens with one attached hydrogen (secondary N) is 2. The van der Waals surface area contributed by atoms with Crippen molar-refractivity contribution in [2.75, 3.05) is 0 Å². The lowest BCUT2D eigenvalue weighted by Gasteiger charge is -2.02. The molecule has 3 heterocycles. The van der Waals surface area contributed by atoms with Crippen LogP contribution in [0.4, 0.5) is 0 Å². The Balaban J connectivity index is 1.57. The molecule has 29 heavy (non-hydrogen) atoms. The van der Waals surface area contributed by atoms with Crippen molar-refractivity contribution in [2.24, 2.45) is 0 Å². The van der Waals surface area contributed by atoms with Crippen molar-refractivity contribution in [1.82, 2.24) is 15.5 Å². The van der Waals surface area contributed by atoms with Gasteiger partial charge in [0.2, 0.25) is 0 Å². The zero-order valence-corrected chi connectivity index (χ0v) is 16.1. The van der Waals surface area contributed by atoms with Gasteiger partial charge in [-0.2, -0.15) is 0 Å². The van der Waals surface area contributed by atoms with Crippen molar-refractivity contribution in [2.45, 2.75) is 13.5 Å². The molecule has 4 aromatic rings. The predicted molar refractivity (Wildman–Crippen MR) is 106 cm³/mol. The topological polar surface area (TPSA) is 101 Å². The molecule has 1 aromatic carbocycles. The number of rotatable bonds is 6. The number of benzene rings is 1. The summed E-state index contributed by atoms with van der Waals surface area (Å²) in [7, 11) is 0. The SMILES string of the molecule is Cc1onc(-c2cccc(Cl)c2)c1C(=O)c1c[nH]c(C(=O)NCc2ccco2)c1. The van der Waals surface area contributed by atoms with Gasteiger partial charge in [0.25, 0.3) is 5.91 Å². The van der Waals surface area contributed by atoms with E-state index in [1.54, 1.807) is 43.3 Å². The summed E-state index contributed by atoms with van der Waals surface area (Å²) in [5.41, 5.74) is 1.99. The number of aromatic nitrogens is 2. The zero-order valence-electron chi connectivity index (χ0n) is 15.4. The van der Waals surface area contributed by atoms with Gasteiger partial charge in [0.15, 0.2) is 5.78 Å². The lowest BCUT2D eigenvalue weighted by Crippen LogP contribution is -2.22. The third-order valence-electron chi connectivity index (χ3n) is 4.38. The maximum atomic E-state index is 13.1. The van der Waals surface area contributed by atoms with Crippen molar-refractivity contribution in [3.63, 3.8) is 0 Å². The molecular formula is C21H16ClN3O4. The number of nitrogens with zero attached hydrogens (tertiary/aromatic N) is 1. The van der Waals surface area contributed by atoms with Gasteiger partial charge in [0.1, 0.15) is 22.9 Å². The molecule has 0 aliphatic carbocycles. The molecule has 0 bridgehead atoms. The lowest BCUT2D eigenvalue weighted by molar-refractivity contribution is 0.0943. The molecule has 7 nitrogen and oxygen atoms in total. The summed E-state index contributed by atoms with van der Waals surface area (Å²) in [6, 6.07) is 12.0. The second kappa shape index (κ2) is 7.81. The fraction of sp³-hybridized carbons (Fsp3) is 0.0952. The Kier molecular flexibility index (Phi) is 5.05. The maximum Gasteiger partial charge on any atom is 0.268 e. The minimum atomic E-state index is -0.349. The number of H-pyrrole nitrogens is 1. The van der Waals surface area contributed by atoms with Crippen molar-refractivity contribution in [1.29, 1.82) is 0 Å². The molecule has 3 aromatic heterocycles. The van der Waals surface area contributed by atoms with Crippen LogP contribution in [-0.2, 0) is 6.54 Å². The fourth-order valence-electron chi connectivity index (χ4n) is 2.95. The maximum absolute atomic E-state index is 13.1. The van der Waals surface area contributed by atoms with Crippen LogP contribution in [0.3, 0.4) is 0 Å². The van der Waals surface area contributed by atoms with Crippen LogP contribution in [0.25, 0.3) is 11.3 Å². The lowest BCUT2D eigenvalue weighted by atomic mass is 9.99. The minimum absolute atomic E-state index is 0.248. The van der Waals surface area contributed by atoms with Gasteiger partial charge in [-0.05, 0) is 37.3 Å². The van der Waals surface area contributed by atoms with E-state index in [-0.39, 0.29) is 23.9 Å². The quantitative estimate of drug-likeness (QED) is 0.460. The number of aromatic amines is 1. The van der Waals surface area contributed by atoms with Gasteiger partial charge >= 0.3 is 0 Å². The van der Waals surface area contributed by atoms with Gasteiger partial charge in [0, 0.05) is 22.3 Å². The number of ketones is 1. The van der Waals surface area contributed by atoms with Crippen LogP contribution in [0.2, 0.25) is 5.02 Å². The van der Waals surface area contributed by atoms with Crippen LogP contribution in [0.5, 0.6) is 0 Å². The summed E-state index contributed by atoms with van der Waals surface area (Å²) in [5.74, 6) is 0.361. The Labute approximate surface area is 170 Å². The Morgan fingerprint density at radius 1 is 1.21 bits per heavy atom. The normalized spacial score (nSPS) is 10.8. The molecule has 0 saturated heterocycles. The summed E-state index contributed by atoms with van der Waals surface area (Å²) in [6.07, 6.45) is 3.02. The van der Waals surface area contributed by atoms with Gasteiger partial charge in [-0.15, -0.1) is 0 Å². The van der Waals surface area contributed by atoms with Crippen molar-refractivity contribution < 1.29 is 18.5 Å². The van der Waals surface area contributed by atoms with E-state index in [0.29, 0.717) is 38.9 Å². The van der Waals surface area contributed by atoms with Crippen LogP contribution < -0.4 is 5.32 Å². The van der Waals surface area contributed by atoms with Crippen LogP contribution in [-0.4, -0.2) is 21.8 Å². The van der Waals surface area contributed by atoms with Gasteiger partial charge in [-0.3, -0.25) is 9.59 Å². The van der Waals surface area contributed by atoms with E-state index in [0.717, 1.165) is 0 Å².